The number of hydrogen-bond donors (Lipinski definition) is 1. The van der Waals surface area contributed by atoms with Crippen molar-refractivity contribution in [2.24, 2.45) is 5.41 Å². The van der Waals surface area contributed by atoms with Crippen LogP contribution in [0.3, 0.4) is 0 Å². The van der Waals surface area contributed by atoms with Crippen molar-refractivity contribution in [3.05, 3.63) is 59.2 Å². The Hall–Kier alpha value is -2.64. The standard InChI is InChI=1S/C19H20F4N4/c1-11-9-16(27-15(25-11)7-8-24-27)26-17(18(2,3)4)12-5-6-13(14(20)10-12)19(21,22)23/h5-10,17,26H,1-4H3/t17-/m0/s1. The van der Waals surface area contributed by atoms with E-state index in [2.05, 4.69) is 15.4 Å². The van der Waals surface area contributed by atoms with Crippen LogP contribution in [-0.2, 0) is 6.18 Å². The Balaban J connectivity index is 2.05. The second-order valence-electron chi connectivity index (χ2n) is 7.56. The molecule has 4 nitrogen and oxygen atoms in total. The van der Waals surface area contributed by atoms with E-state index < -0.39 is 29.0 Å². The molecule has 0 fully saturated rings. The van der Waals surface area contributed by atoms with E-state index in [1.165, 1.54) is 6.07 Å². The zero-order valence-electron chi connectivity index (χ0n) is 15.4. The molecule has 0 saturated heterocycles. The highest BCUT2D eigenvalue weighted by Crippen LogP contribution is 2.38. The van der Waals surface area contributed by atoms with Gasteiger partial charge in [0.2, 0.25) is 0 Å². The summed E-state index contributed by atoms with van der Waals surface area (Å²) < 4.78 is 54.3. The van der Waals surface area contributed by atoms with Gasteiger partial charge >= 0.3 is 6.18 Å². The van der Waals surface area contributed by atoms with Gasteiger partial charge in [-0.2, -0.15) is 22.8 Å². The number of nitrogens with zero attached hydrogens (tertiary/aromatic N) is 3. The van der Waals surface area contributed by atoms with Crippen molar-refractivity contribution < 1.29 is 17.6 Å². The van der Waals surface area contributed by atoms with Gasteiger partial charge in [-0.1, -0.05) is 26.8 Å². The highest BCUT2D eigenvalue weighted by Gasteiger charge is 2.35. The van der Waals surface area contributed by atoms with Gasteiger partial charge in [0.15, 0.2) is 5.65 Å². The first-order valence-corrected chi connectivity index (χ1v) is 8.41. The number of anilines is 1. The molecule has 1 aromatic carbocycles. The maximum atomic E-state index is 14.1. The van der Waals surface area contributed by atoms with Crippen molar-refractivity contribution in [1.29, 1.82) is 0 Å². The quantitative estimate of drug-likeness (QED) is 0.619. The summed E-state index contributed by atoms with van der Waals surface area (Å²) in [7, 11) is 0. The van der Waals surface area contributed by atoms with Gasteiger partial charge in [0, 0.05) is 17.8 Å². The third-order valence-electron chi connectivity index (χ3n) is 4.28. The van der Waals surface area contributed by atoms with Crippen molar-refractivity contribution >= 4 is 11.5 Å². The van der Waals surface area contributed by atoms with Crippen LogP contribution in [0.4, 0.5) is 23.4 Å². The predicted molar refractivity (Wildman–Crippen MR) is 94.9 cm³/mol. The van der Waals surface area contributed by atoms with Gasteiger partial charge in [-0.15, -0.1) is 0 Å². The van der Waals surface area contributed by atoms with Crippen molar-refractivity contribution in [3.63, 3.8) is 0 Å². The summed E-state index contributed by atoms with van der Waals surface area (Å²) in [5.74, 6) is -0.658. The van der Waals surface area contributed by atoms with Crippen LogP contribution >= 0.6 is 0 Å². The average Bonchev–Trinajstić information content (AvgIpc) is 2.98. The molecule has 0 bridgehead atoms. The second-order valence-corrected chi connectivity index (χ2v) is 7.56. The molecule has 0 spiro atoms. The number of aryl methyl sites for hydroxylation is 1. The maximum absolute atomic E-state index is 14.1. The molecule has 1 atom stereocenters. The molecule has 0 aliphatic carbocycles. The first kappa shape index (κ1) is 19.1. The molecule has 0 unspecified atom stereocenters. The molecular formula is C19H20F4N4. The normalized spacial score (nSPS) is 13.8. The number of fused-ring (bicyclic) bond motifs is 1. The van der Waals surface area contributed by atoms with E-state index in [0.717, 1.165) is 17.8 Å². The molecule has 144 valence electrons. The smallest absolute Gasteiger partial charge is 0.363 e. The van der Waals surface area contributed by atoms with E-state index in [9.17, 15) is 17.6 Å². The highest BCUT2D eigenvalue weighted by molar-refractivity contribution is 5.50. The van der Waals surface area contributed by atoms with Crippen LogP contribution in [0.25, 0.3) is 5.65 Å². The Morgan fingerprint density at radius 3 is 2.37 bits per heavy atom. The van der Waals surface area contributed by atoms with E-state index in [1.54, 1.807) is 22.8 Å². The third-order valence-corrected chi connectivity index (χ3v) is 4.28. The predicted octanol–water partition coefficient (Wildman–Crippen LogP) is 5.39. The lowest BCUT2D eigenvalue weighted by Crippen LogP contribution is -2.27. The number of rotatable bonds is 3. The fourth-order valence-corrected chi connectivity index (χ4v) is 3.03. The van der Waals surface area contributed by atoms with Gasteiger partial charge in [0.05, 0.1) is 17.8 Å². The molecule has 8 heteroatoms. The molecule has 2 heterocycles. The SMILES string of the molecule is Cc1cc(N[C@@H](c2ccc(C(F)(F)F)c(F)c2)C(C)(C)C)n2nccc2n1. The van der Waals surface area contributed by atoms with Gasteiger partial charge in [-0.3, -0.25) is 0 Å². The van der Waals surface area contributed by atoms with E-state index in [4.69, 9.17) is 0 Å². The minimum absolute atomic E-state index is 0.414. The summed E-state index contributed by atoms with van der Waals surface area (Å²) in [6.07, 6.45) is -3.12. The van der Waals surface area contributed by atoms with Crippen LogP contribution in [0.15, 0.2) is 36.5 Å². The van der Waals surface area contributed by atoms with Crippen LogP contribution in [0, 0.1) is 18.2 Å². The number of benzene rings is 1. The lowest BCUT2D eigenvalue weighted by Gasteiger charge is -2.33. The molecule has 0 saturated carbocycles. The maximum Gasteiger partial charge on any atom is 0.419 e. The first-order valence-electron chi connectivity index (χ1n) is 8.41. The topological polar surface area (TPSA) is 42.2 Å². The van der Waals surface area contributed by atoms with Crippen LogP contribution in [0.1, 0.15) is 43.6 Å². The Bertz CT molecular complexity index is 970. The van der Waals surface area contributed by atoms with Crippen LogP contribution in [-0.4, -0.2) is 14.6 Å². The molecule has 0 aliphatic rings. The molecule has 27 heavy (non-hydrogen) atoms. The van der Waals surface area contributed by atoms with E-state index in [-0.39, 0.29) is 0 Å². The minimum Gasteiger partial charge on any atom is -0.363 e. The number of hydrogen-bond acceptors (Lipinski definition) is 3. The van der Waals surface area contributed by atoms with Crippen molar-refractivity contribution in [1.82, 2.24) is 14.6 Å². The molecule has 0 radical (unpaired) electrons. The summed E-state index contributed by atoms with van der Waals surface area (Å²) >= 11 is 0. The Kier molecular flexibility index (Phi) is 4.61. The third kappa shape index (κ3) is 3.89. The fraction of sp³-hybridized carbons (Fsp3) is 0.368. The largest absolute Gasteiger partial charge is 0.419 e. The van der Waals surface area contributed by atoms with Crippen molar-refractivity contribution in [3.8, 4) is 0 Å². The summed E-state index contributed by atoms with van der Waals surface area (Å²) in [5.41, 5.74) is 0.138. The van der Waals surface area contributed by atoms with Gasteiger partial charge in [-0.25, -0.2) is 9.37 Å². The van der Waals surface area contributed by atoms with Gasteiger partial charge in [-0.05, 0) is 30.0 Å². The Morgan fingerprint density at radius 2 is 1.78 bits per heavy atom. The zero-order valence-corrected chi connectivity index (χ0v) is 15.4. The van der Waals surface area contributed by atoms with E-state index in [1.807, 2.05) is 27.7 Å². The number of alkyl halides is 3. The van der Waals surface area contributed by atoms with Crippen LogP contribution in [0.5, 0.6) is 0 Å². The highest BCUT2D eigenvalue weighted by atomic mass is 19.4. The summed E-state index contributed by atoms with van der Waals surface area (Å²) in [6, 6.07) is 6.13. The Labute approximate surface area is 154 Å². The zero-order chi connectivity index (χ0) is 20.0. The lowest BCUT2D eigenvalue weighted by atomic mass is 9.82. The van der Waals surface area contributed by atoms with E-state index >= 15 is 0 Å². The molecular weight excluding hydrogens is 360 g/mol. The van der Waals surface area contributed by atoms with E-state index in [0.29, 0.717) is 17.0 Å². The first-order chi connectivity index (χ1) is 12.5. The number of aromatic nitrogens is 3. The number of nitrogens with one attached hydrogen (secondary N) is 1. The van der Waals surface area contributed by atoms with Gasteiger partial charge in [0.25, 0.3) is 0 Å². The summed E-state index contributed by atoms with van der Waals surface area (Å²) in [5, 5.41) is 7.52. The summed E-state index contributed by atoms with van der Waals surface area (Å²) in [6.45, 7) is 7.61. The molecule has 0 amide bonds. The molecule has 3 rings (SSSR count). The van der Waals surface area contributed by atoms with Crippen molar-refractivity contribution in [2.75, 3.05) is 5.32 Å². The van der Waals surface area contributed by atoms with Gasteiger partial charge in [0.1, 0.15) is 11.6 Å². The minimum atomic E-state index is -4.73. The number of halogens is 4. The van der Waals surface area contributed by atoms with Crippen LogP contribution in [0.2, 0.25) is 0 Å². The van der Waals surface area contributed by atoms with Crippen molar-refractivity contribution in [2.45, 2.75) is 39.9 Å². The van der Waals surface area contributed by atoms with Crippen LogP contribution < -0.4 is 5.32 Å². The lowest BCUT2D eigenvalue weighted by molar-refractivity contribution is -0.140. The Morgan fingerprint density at radius 1 is 1.07 bits per heavy atom. The molecule has 0 aliphatic heterocycles. The molecule has 2 aromatic heterocycles. The summed E-state index contributed by atoms with van der Waals surface area (Å²) in [4.78, 5) is 4.37. The monoisotopic (exact) mass is 380 g/mol. The fourth-order valence-electron chi connectivity index (χ4n) is 3.03. The molecule has 1 N–H and O–H groups in total. The average molecular weight is 380 g/mol. The second kappa shape index (κ2) is 6.51. The van der Waals surface area contributed by atoms with Gasteiger partial charge < -0.3 is 5.32 Å². The molecule has 3 aromatic rings.